The minimum atomic E-state index is 0.179. The summed E-state index contributed by atoms with van der Waals surface area (Å²) < 4.78 is 7.49. The Bertz CT molecular complexity index is 976. The lowest BCUT2D eigenvalue weighted by Gasteiger charge is -2.33. The maximum atomic E-state index is 13.0. The van der Waals surface area contributed by atoms with Crippen molar-refractivity contribution >= 4 is 17.7 Å². The first-order chi connectivity index (χ1) is 14.7. The molecule has 0 radical (unpaired) electrons. The van der Waals surface area contributed by atoms with Crippen molar-refractivity contribution in [3.05, 3.63) is 48.4 Å². The van der Waals surface area contributed by atoms with Crippen molar-refractivity contribution in [3.8, 4) is 17.1 Å². The van der Waals surface area contributed by atoms with Crippen LogP contribution in [0.1, 0.15) is 44.8 Å². The van der Waals surface area contributed by atoms with Crippen LogP contribution in [0.2, 0.25) is 0 Å². The van der Waals surface area contributed by atoms with Gasteiger partial charge in [-0.3, -0.25) is 9.36 Å². The number of hydrogen-bond donors (Lipinski definition) is 0. The lowest BCUT2D eigenvalue weighted by Crippen LogP contribution is -2.42. The van der Waals surface area contributed by atoms with Crippen LogP contribution in [-0.4, -0.2) is 43.9 Å². The van der Waals surface area contributed by atoms with E-state index < -0.39 is 0 Å². The second-order valence-electron chi connectivity index (χ2n) is 7.63. The maximum Gasteiger partial charge on any atom is 0.233 e. The fourth-order valence-corrected chi connectivity index (χ4v) is 5.04. The lowest BCUT2D eigenvalue weighted by atomic mass is 9.94. The molecule has 1 saturated carbocycles. The first-order valence-electron chi connectivity index (χ1n) is 10.7. The van der Waals surface area contributed by atoms with Crippen LogP contribution in [0, 0.1) is 6.92 Å². The van der Waals surface area contributed by atoms with Gasteiger partial charge >= 0.3 is 0 Å². The average Bonchev–Trinajstić information content (AvgIpc) is 3.39. The predicted molar refractivity (Wildman–Crippen MR) is 119 cm³/mol. The molecule has 2 aromatic heterocycles. The number of aromatic nitrogens is 3. The number of hydrogen-bond acceptors (Lipinski definition) is 5. The monoisotopic (exact) mass is 424 g/mol. The van der Waals surface area contributed by atoms with Crippen LogP contribution in [0.15, 0.2) is 52.2 Å². The van der Waals surface area contributed by atoms with E-state index in [1.165, 1.54) is 31.0 Å². The van der Waals surface area contributed by atoms with Gasteiger partial charge in [-0.2, -0.15) is 0 Å². The van der Waals surface area contributed by atoms with Crippen LogP contribution >= 0.6 is 11.8 Å². The van der Waals surface area contributed by atoms with Crippen molar-refractivity contribution in [3.63, 3.8) is 0 Å². The van der Waals surface area contributed by atoms with Crippen LogP contribution < -0.4 is 0 Å². The summed E-state index contributed by atoms with van der Waals surface area (Å²) in [5.74, 6) is 2.06. The van der Waals surface area contributed by atoms with E-state index in [0.717, 1.165) is 42.2 Å². The van der Waals surface area contributed by atoms with Gasteiger partial charge < -0.3 is 9.32 Å². The van der Waals surface area contributed by atoms with E-state index in [-0.39, 0.29) is 5.91 Å². The molecule has 0 unspecified atom stereocenters. The van der Waals surface area contributed by atoms with Crippen LogP contribution in [0.25, 0.3) is 17.1 Å². The molecule has 0 saturated heterocycles. The van der Waals surface area contributed by atoms with Crippen molar-refractivity contribution in [2.24, 2.45) is 0 Å². The molecule has 0 aliphatic heterocycles. The third-order valence-electron chi connectivity index (χ3n) is 5.75. The Morgan fingerprint density at radius 1 is 1.17 bits per heavy atom. The molecular formula is C23H28N4O2S. The van der Waals surface area contributed by atoms with E-state index in [4.69, 9.17) is 4.42 Å². The summed E-state index contributed by atoms with van der Waals surface area (Å²) in [5, 5.41) is 9.57. The minimum absolute atomic E-state index is 0.179. The van der Waals surface area contributed by atoms with Gasteiger partial charge in [0.25, 0.3) is 0 Å². The zero-order valence-electron chi connectivity index (χ0n) is 17.6. The predicted octanol–water partition coefficient (Wildman–Crippen LogP) is 5.11. The van der Waals surface area contributed by atoms with Gasteiger partial charge in [0, 0.05) is 18.3 Å². The Hall–Kier alpha value is -2.54. The Morgan fingerprint density at radius 3 is 2.60 bits per heavy atom. The van der Waals surface area contributed by atoms with Gasteiger partial charge in [0.15, 0.2) is 11.0 Å². The summed E-state index contributed by atoms with van der Waals surface area (Å²) in [5.41, 5.74) is 1.87. The molecule has 3 aromatic rings. The number of nitrogens with zero attached hydrogens (tertiary/aromatic N) is 4. The molecule has 30 heavy (non-hydrogen) atoms. The summed E-state index contributed by atoms with van der Waals surface area (Å²) in [6, 6.07) is 12.3. The summed E-state index contributed by atoms with van der Waals surface area (Å²) in [4.78, 5) is 15.1. The zero-order chi connectivity index (χ0) is 20.9. The molecule has 1 fully saturated rings. The van der Waals surface area contributed by atoms with Crippen molar-refractivity contribution < 1.29 is 9.21 Å². The summed E-state index contributed by atoms with van der Waals surface area (Å²) in [6.45, 7) is 4.75. The molecule has 158 valence electrons. The number of aryl methyl sites for hydroxylation is 1. The molecule has 2 heterocycles. The highest BCUT2D eigenvalue weighted by Crippen LogP contribution is 2.31. The highest BCUT2D eigenvalue weighted by molar-refractivity contribution is 7.99. The highest BCUT2D eigenvalue weighted by Gasteiger charge is 2.25. The Morgan fingerprint density at radius 2 is 1.93 bits per heavy atom. The largest absolute Gasteiger partial charge is 0.469 e. The average molecular weight is 425 g/mol. The molecule has 1 amide bonds. The van der Waals surface area contributed by atoms with E-state index in [1.807, 2.05) is 47.9 Å². The standard InChI is InChI=1S/C23H28N4O2S/c1-3-26(18-10-6-4-7-11-18)21(28)16-30-23-25-24-22(20-14-15-29-17(20)2)27(23)19-12-8-5-9-13-19/h5,8-9,12-15,18H,3-4,6-7,10-11,16H2,1-2H3. The number of furan rings is 1. The topological polar surface area (TPSA) is 64.2 Å². The van der Waals surface area contributed by atoms with Crippen LogP contribution in [0.4, 0.5) is 0 Å². The van der Waals surface area contributed by atoms with Crippen LogP contribution in [0.5, 0.6) is 0 Å². The number of carbonyl (C=O) groups is 1. The minimum Gasteiger partial charge on any atom is -0.469 e. The molecule has 0 N–H and O–H groups in total. The maximum absolute atomic E-state index is 13.0. The van der Waals surface area contributed by atoms with Gasteiger partial charge in [-0.25, -0.2) is 0 Å². The van der Waals surface area contributed by atoms with Crippen molar-refractivity contribution in [1.29, 1.82) is 0 Å². The van der Waals surface area contributed by atoms with E-state index in [0.29, 0.717) is 17.0 Å². The van der Waals surface area contributed by atoms with Gasteiger partial charge in [0.05, 0.1) is 17.6 Å². The number of para-hydroxylation sites is 1. The molecule has 0 spiro atoms. The Kier molecular flexibility index (Phi) is 6.57. The summed E-state index contributed by atoms with van der Waals surface area (Å²) in [6.07, 6.45) is 7.62. The van der Waals surface area contributed by atoms with E-state index in [1.54, 1.807) is 6.26 Å². The highest BCUT2D eigenvalue weighted by atomic mass is 32.2. The number of carbonyl (C=O) groups excluding carboxylic acids is 1. The quantitative estimate of drug-likeness (QED) is 0.493. The Balaban J connectivity index is 1.58. The van der Waals surface area contributed by atoms with Crippen molar-refractivity contribution in [2.45, 2.75) is 57.1 Å². The summed E-state index contributed by atoms with van der Waals surface area (Å²) >= 11 is 1.45. The van der Waals surface area contributed by atoms with Gasteiger partial charge in [0.1, 0.15) is 5.76 Å². The number of amides is 1. The van der Waals surface area contributed by atoms with Crippen molar-refractivity contribution in [1.82, 2.24) is 19.7 Å². The van der Waals surface area contributed by atoms with Crippen LogP contribution in [0.3, 0.4) is 0 Å². The molecule has 0 atom stereocenters. The zero-order valence-corrected chi connectivity index (χ0v) is 18.4. The molecule has 1 aromatic carbocycles. The third-order valence-corrected chi connectivity index (χ3v) is 6.66. The molecule has 4 rings (SSSR count). The first kappa shape index (κ1) is 20.7. The SMILES string of the molecule is CCN(C(=O)CSc1nnc(-c2ccoc2C)n1-c1ccccc1)C1CCCCC1. The molecule has 1 aliphatic carbocycles. The van der Waals surface area contributed by atoms with E-state index >= 15 is 0 Å². The van der Waals surface area contributed by atoms with Gasteiger partial charge in [-0.05, 0) is 44.9 Å². The molecular weight excluding hydrogens is 396 g/mol. The summed E-state index contributed by atoms with van der Waals surface area (Å²) in [7, 11) is 0. The van der Waals surface area contributed by atoms with Gasteiger partial charge in [0.2, 0.25) is 5.91 Å². The molecule has 6 nitrogen and oxygen atoms in total. The fourth-order valence-electron chi connectivity index (χ4n) is 4.20. The molecule has 0 bridgehead atoms. The third kappa shape index (κ3) is 4.31. The fraction of sp³-hybridized carbons (Fsp3) is 0.435. The smallest absolute Gasteiger partial charge is 0.233 e. The molecule has 7 heteroatoms. The number of rotatable bonds is 7. The number of benzene rings is 1. The van der Waals surface area contributed by atoms with Crippen molar-refractivity contribution in [2.75, 3.05) is 12.3 Å². The van der Waals surface area contributed by atoms with Gasteiger partial charge in [-0.15, -0.1) is 10.2 Å². The first-order valence-corrected chi connectivity index (χ1v) is 11.6. The molecule has 1 aliphatic rings. The second kappa shape index (κ2) is 9.51. The number of thioether (sulfide) groups is 1. The van der Waals surface area contributed by atoms with Gasteiger partial charge in [-0.1, -0.05) is 49.2 Å². The normalized spacial score (nSPS) is 14.7. The van der Waals surface area contributed by atoms with E-state index in [9.17, 15) is 4.79 Å². The van der Waals surface area contributed by atoms with E-state index in [2.05, 4.69) is 22.0 Å². The lowest BCUT2D eigenvalue weighted by molar-refractivity contribution is -0.131. The second-order valence-corrected chi connectivity index (χ2v) is 8.57. The van der Waals surface area contributed by atoms with Crippen LogP contribution in [-0.2, 0) is 4.79 Å². The Labute approximate surface area is 181 Å².